The number of anilines is 2. The molecule has 0 atom stereocenters. The van der Waals surface area contributed by atoms with Gasteiger partial charge in [-0.2, -0.15) is 5.26 Å². The number of nitriles is 1. The largest absolute Gasteiger partial charge is 0.381 e. The van der Waals surface area contributed by atoms with Crippen molar-refractivity contribution in [2.24, 2.45) is 0 Å². The first kappa shape index (κ1) is 19.3. The summed E-state index contributed by atoms with van der Waals surface area (Å²) in [4.78, 5) is 8.31. The smallest absolute Gasteiger partial charge is 0.264 e. The summed E-state index contributed by atoms with van der Waals surface area (Å²) >= 11 is 0. The van der Waals surface area contributed by atoms with Gasteiger partial charge in [0, 0.05) is 23.6 Å². The average molecular weight is 393 g/mol. The minimum absolute atomic E-state index is 0.0489. The molecule has 0 radical (unpaired) electrons. The van der Waals surface area contributed by atoms with E-state index in [9.17, 15) is 8.42 Å². The SMILES string of the molecule is Cc1cc(C)nc(NS(=O)(=O)c2ccc(NCc3ccccc3C#N)cc2)n1. The lowest BCUT2D eigenvalue weighted by Crippen LogP contribution is -2.15. The second-order valence-corrected chi connectivity index (χ2v) is 7.91. The van der Waals surface area contributed by atoms with Gasteiger partial charge in [0.05, 0.1) is 16.5 Å². The molecule has 8 heteroatoms. The van der Waals surface area contributed by atoms with E-state index in [0.717, 1.165) is 11.3 Å². The van der Waals surface area contributed by atoms with Crippen LogP contribution in [0, 0.1) is 25.2 Å². The van der Waals surface area contributed by atoms with E-state index in [4.69, 9.17) is 5.26 Å². The maximum Gasteiger partial charge on any atom is 0.264 e. The van der Waals surface area contributed by atoms with E-state index in [0.29, 0.717) is 23.5 Å². The molecule has 142 valence electrons. The third-order valence-corrected chi connectivity index (χ3v) is 5.34. The highest BCUT2D eigenvalue weighted by Gasteiger charge is 2.16. The van der Waals surface area contributed by atoms with E-state index >= 15 is 0 Å². The van der Waals surface area contributed by atoms with Gasteiger partial charge >= 0.3 is 0 Å². The van der Waals surface area contributed by atoms with Crippen molar-refractivity contribution >= 4 is 21.7 Å². The van der Waals surface area contributed by atoms with Gasteiger partial charge in [0.2, 0.25) is 5.95 Å². The highest BCUT2D eigenvalue weighted by atomic mass is 32.2. The molecule has 1 heterocycles. The summed E-state index contributed by atoms with van der Waals surface area (Å²) in [5.74, 6) is 0.0489. The molecule has 0 unspecified atom stereocenters. The van der Waals surface area contributed by atoms with Crippen LogP contribution < -0.4 is 10.0 Å². The number of benzene rings is 2. The van der Waals surface area contributed by atoms with Crippen LogP contribution in [0.5, 0.6) is 0 Å². The Labute approximate surface area is 164 Å². The van der Waals surface area contributed by atoms with Gasteiger partial charge in [0.15, 0.2) is 0 Å². The topological polar surface area (TPSA) is 108 Å². The third kappa shape index (κ3) is 4.64. The molecule has 0 aliphatic heterocycles. The van der Waals surface area contributed by atoms with Gasteiger partial charge in [-0.25, -0.2) is 23.1 Å². The van der Waals surface area contributed by atoms with E-state index in [1.54, 1.807) is 38.1 Å². The molecule has 0 saturated carbocycles. The van der Waals surface area contributed by atoms with E-state index in [-0.39, 0.29) is 10.8 Å². The average Bonchev–Trinajstić information content (AvgIpc) is 2.65. The third-order valence-electron chi connectivity index (χ3n) is 3.99. The quantitative estimate of drug-likeness (QED) is 0.665. The number of sulfonamides is 1. The second-order valence-electron chi connectivity index (χ2n) is 6.23. The molecule has 2 N–H and O–H groups in total. The Morgan fingerprint density at radius 2 is 1.64 bits per heavy atom. The summed E-state index contributed by atoms with van der Waals surface area (Å²) in [5.41, 5.74) is 3.58. The molecular weight excluding hydrogens is 374 g/mol. The summed E-state index contributed by atoms with van der Waals surface area (Å²) in [6.07, 6.45) is 0. The molecule has 0 spiro atoms. The Morgan fingerprint density at radius 3 is 2.29 bits per heavy atom. The highest BCUT2D eigenvalue weighted by Crippen LogP contribution is 2.18. The van der Waals surface area contributed by atoms with Crippen LogP contribution in [0.2, 0.25) is 0 Å². The lowest BCUT2D eigenvalue weighted by Gasteiger charge is -2.10. The van der Waals surface area contributed by atoms with Crippen molar-refractivity contribution < 1.29 is 8.42 Å². The first-order valence-corrected chi connectivity index (χ1v) is 10.0. The number of hydrogen-bond acceptors (Lipinski definition) is 6. The van der Waals surface area contributed by atoms with Crippen molar-refractivity contribution in [2.45, 2.75) is 25.3 Å². The Morgan fingerprint density at radius 1 is 1.00 bits per heavy atom. The minimum atomic E-state index is -3.79. The fourth-order valence-electron chi connectivity index (χ4n) is 2.68. The number of aromatic nitrogens is 2. The Bertz CT molecular complexity index is 1120. The van der Waals surface area contributed by atoms with Crippen molar-refractivity contribution in [1.82, 2.24) is 9.97 Å². The molecule has 3 aromatic rings. The second kappa shape index (κ2) is 8.06. The zero-order valence-corrected chi connectivity index (χ0v) is 16.3. The molecule has 0 aliphatic carbocycles. The molecular formula is C20H19N5O2S. The van der Waals surface area contributed by atoms with Crippen LogP contribution in [-0.4, -0.2) is 18.4 Å². The number of nitrogens with zero attached hydrogens (tertiary/aromatic N) is 3. The van der Waals surface area contributed by atoms with Crippen molar-refractivity contribution in [3.63, 3.8) is 0 Å². The van der Waals surface area contributed by atoms with E-state index in [2.05, 4.69) is 26.1 Å². The van der Waals surface area contributed by atoms with E-state index in [1.807, 2.05) is 18.2 Å². The molecule has 7 nitrogen and oxygen atoms in total. The molecule has 1 aromatic heterocycles. The van der Waals surface area contributed by atoms with Crippen molar-refractivity contribution in [2.75, 3.05) is 10.0 Å². The van der Waals surface area contributed by atoms with Gasteiger partial charge in [0.25, 0.3) is 10.0 Å². The molecule has 0 saturated heterocycles. The summed E-state index contributed by atoms with van der Waals surface area (Å²) < 4.78 is 27.5. The standard InChI is InChI=1S/C20H19N5O2S/c1-14-11-15(2)24-20(23-14)25-28(26,27)19-9-7-18(8-10-19)22-13-17-6-4-3-5-16(17)12-21/h3-11,22H,13H2,1-2H3,(H,23,24,25). The number of nitrogens with one attached hydrogen (secondary N) is 2. The maximum atomic E-state index is 12.6. The maximum absolute atomic E-state index is 12.6. The highest BCUT2D eigenvalue weighted by molar-refractivity contribution is 7.92. The van der Waals surface area contributed by atoms with Gasteiger partial charge in [-0.15, -0.1) is 0 Å². The molecule has 2 aromatic carbocycles. The van der Waals surface area contributed by atoms with Crippen LogP contribution in [0.3, 0.4) is 0 Å². The predicted octanol–water partition coefficient (Wildman–Crippen LogP) is 3.38. The van der Waals surface area contributed by atoms with Gasteiger partial charge in [-0.05, 0) is 55.8 Å². The van der Waals surface area contributed by atoms with E-state index < -0.39 is 10.0 Å². The lowest BCUT2D eigenvalue weighted by atomic mass is 10.1. The summed E-state index contributed by atoms with van der Waals surface area (Å²) in [5, 5.41) is 12.3. The fraction of sp³-hybridized carbons (Fsp3) is 0.150. The fourth-order valence-corrected chi connectivity index (χ4v) is 3.63. The zero-order chi connectivity index (χ0) is 20.1. The number of hydrogen-bond donors (Lipinski definition) is 2. The predicted molar refractivity (Wildman–Crippen MR) is 107 cm³/mol. The molecule has 28 heavy (non-hydrogen) atoms. The molecule has 0 bridgehead atoms. The summed E-state index contributed by atoms with van der Waals surface area (Å²) in [6, 6.07) is 17.6. The monoisotopic (exact) mass is 393 g/mol. The van der Waals surface area contributed by atoms with Gasteiger partial charge in [-0.1, -0.05) is 18.2 Å². The Kier molecular flexibility index (Phi) is 5.57. The number of rotatable bonds is 6. The van der Waals surface area contributed by atoms with Crippen LogP contribution in [-0.2, 0) is 16.6 Å². The first-order valence-electron chi connectivity index (χ1n) is 8.54. The van der Waals surface area contributed by atoms with Crippen LogP contribution in [0.15, 0.2) is 59.5 Å². The van der Waals surface area contributed by atoms with Crippen molar-refractivity contribution in [1.29, 1.82) is 5.26 Å². The molecule has 0 aliphatic rings. The molecule has 3 rings (SSSR count). The summed E-state index contributed by atoms with van der Waals surface area (Å²) in [6.45, 7) is 4.01. The van der Waals surface area contributed by atoms with E-state index in [1.165, 1.54) is 12.1 Å². The van der Waals surface area contributed by atoms with Crippen LogP contribution in [0.4, 0.5) is 11.6 Å². The number of aryl methyl sites for hydroxylation is 2. The summed E-state index contributed by atoms with van der Waals surface area (Å²) in [7, 11) is -3.79. The molecule has 0 fully saturated rings. The van der Waals surface area contributed by atoms with Crippen LogP contribution >= 0.6 is 0 Å². The Hall–Kier alpha value is -3.44. The Balaban J connectivity index is 1.71. The molecule has 0 amide bonds. The van der Waals surface area contributed by atoms with Gasteiger partial charge in [-0.3, -0.25) is 0 Å². The minimum Gasteiger partial charge on any atom is -0.381 e. The van der Waals surface area contributed by atoms with Gasteiger partial charge < -0.3 is 5.32 Å². The van der Waals surface area contributed by atoms with Crippen LogP contribution in [0.25, 0.3) is 0 Å². The van der Waals surface area contributed by atoms with Gasteiger partial charge in [0.1, 0.15) is 0 Å². The van der Waals surface area contributed by atoms with Crippen molar-refractivity contribution in [3.8, 4) is 6.07 Å². The van der Waals surface area contributed by atoms with Crippen molar-refractivity contribution in [3.05, 3.63) is 77.1 Å². The lowest BCUT2D eigenvalue weighted by molar-refractivity contribution is 0.601. The zero-order valence-electron chi connectivity index (χ0n) is 15.5. The first-order chi connectivity index (χ1) is 13.4. The normalized spacial score (nSPS) is 10.9. The van der Waals surface area contributed by atoms with Crippen LogP contribution in [0.1, 0.15) is 22.5 Å².